The lowest BCUT2D eigenvalue weighted by molar-refractivity contribution is 0.0155. The first-order valence-corrected chi connectivity index (χ1v) is 9.24. The molecular formula is C18H28ClN3O3. The zero-order chi connectivity index (χ0) is 18.3. The third-order valence-electron chi connectivity index (χ3n) is 4.03. The average Bonchev–Trinajstić information content (AvgIpc) is 2.55. The molecule has 0 saturated carbocycles. The van der Waals surface area contributed by atoms with E-state index in [0.717, 1.165) is 38.8 Å². The Morgan fingerprint density at radius 2 is 2.12 bits per heavy atom. The number of carbonyl (C=O) groups excluding carboxylic acids is 1. The van der Waals surface area contributed by atoms with Crippen molar-refractivity contribution in [3.05, 3.63) is 23.2 Å². The maximum atomic E-state index is 12.2. The molecule has 2 rings (SSSR count). The molecular weight excluding hydrogens is 342 g/mol. The molecule has 0 N–H and O–H groups in total. The van der Waals surface area contributed by atoms with E-state index in [1.807, 2.05) is 25.7 Å². The summed E-state index contributed by atoms with van der Waals surface area (Å²) in [7, 11) is 0. The Morgan fingerprint density at radius 3 is 2.84 bits per heavy atom. The lowest BCUT2D eigenvalue weighted by Crippen LogP contribution is -2.42. The molecule has 1 amide bonds. The van der Waals surface area contributed by atoms with Crippen molar-refractivity contribution in [2.75, 3.05) is 19.7 Å². The molecule has 1 saturated heterocycles. The van der Waals surface area contributed by atoms with Gasteiger partial charge in [-0.3, -0.25) is 4.98 Å². The third kappa shape index (κ3) is 7.16. The van der Waals surface area contributed by atoms with Crippen LogP contribution in [0.15, 0.2) is 12.4 Å². The number of carbonyl (C=O) groups is 1. The number of aromatic nitrogens is 2. The number of ether oxygens (including phenoxy) is 2. The van der Waals surface area contributed by atoms with E-state index in [9.17, 15) is 4.79 Å². The fourth-order valence-corrected chi connectivity index (χ4v) is 3.04. The predicted octanol–water partition coefficient (Wildman–Crippen LogP) is 4.07. The van der Waals surface area contributed by atoms with Gasteiger partial charge in [0.1, 0.15) is 11.3 Å². The van der Waals surface area contributed by atoms with Crippen molar-refractivity contribution in [1.82, 2.24) is 14.9 Å². The van der Waals surface area contributed by atoms with Crippen LogP contribution in [0, 0.1) is 5.92 Å². The number of piperidine rings is 1. The molecule has 7 heteroatoms. The van der Waals surface area contributed by atoms with Gasteiger partial charge in [-0.2, -0.15) is 0 Å². The van der Waals surface area contributed by atoms with Gasteiger partial charge in [-0.25, -0.2) is 9.78 Å². The first-order valence-electron chi connectivity index (χ1n) is 8.86. The van der Waals surface area contributed by atoms with Gasteiger partial charge in [0, 0.05) is 32.1 Å². The van der Waals surface area contributed by atoms with E-state index >= 15 is 0 Å². The van der Waals surface area contributed by atoms with Gasteiger partial charge in [-0.15, -0.1) is 0 Å². The SMILES string of the molecule is CC(C)(C)OC(=O)N1CCC[C@@H](CCCOCc2nccnc2Cl)C1. The normalized spacial score (nSPS) is 18.2. The van der Waals surface area contributed by atoms with E-state index in [-0.39, 0.29) is 6.09 Å². The van der Waals surface area contributed by atoms with Crippen molar-refractivity contribution in [2.24, 2.45) is 5.92 Å². The molecule has 1 aliphatic heterocycles. The molecule has 2 heterocycles. The fourth-order valence-electron chi connectivity index (χ4n) is 2.88. The minimum Gasteiger partial charge on any atom is -0.444 e. The number of hydrogen-bond donors (Lipinski definition) is 0. The monoisotopic (exact) mass is 369 g/mol. The molecule has 6 nitrogen and oxygen atoms in total. The summed E-state index contributed by atoms with van der Waals surface area (Å²) in [6, 6.07) is 0. The minimum absolute atomic E-state index is 0.203. The highest BCUT2D eigenvalue weighted by Crippen LogP contribution is 2.23. The van der Waals surface area contributed by atoms with Gasteiger partial charge >= 0.3 is 6.09 Å². The Hall–Kier alpha value is -1.40. The maximum absolute atomic E-state index is 12.2. The highest BCUT2D eigenvalue weighted by atomic mass is 35.5. The summed E-state index contributed by atoms with van der Waals surface area (Å²) in [5.41, 5.74) is 0.220. The zero-order valence-corrected chi connectivity index (χ0v) is 16.1. The van der Waals surface area contributed by atoms with Crippen molar-refractivity contribution in [3.63, 3.8) is 0 Å². The van der Waals surface area contributed by atoms with E-state index in [1.165, 1.54) is 0 Å². The lowest BCUT2D eigenvalue weighted by Gasteiger charge is -2.34. The molecule has 0 aliphatic carbocycles. The van der Waals surface area contributed by atoms with Crippen LogP contribution in [-0.2, 0) is 16.1 Å². The van der Waals surface area contributed by atoms with Crippen molar-refractivity contribution in [3.8, 4) is 0 Å². The average molecular weight is 370 g/mol. The molecule has 0 radical (unpaired) electrons. The Bertz CT molecular complexity index is 563. The molecule has 0 spiro atoms. The van der Waals surface area contributed by atoms with Gasteiger partial charge in [-0.05, 0) is 52.4 Å². The van der Waals surface area contributed by atoms with Crippen LogP contribution in [0.1, 0.15) is 52.1 Å². The van der Waals surface area contributed by atoms with Crippen molar-refractivity contribution in [2.45, 2.75) is 58.7 Å². The van der Waals surface area contributed by atoms with Gasteiger partial charge in [0.05, 0.1) is 6.61 Å². The van der Waals surface area contributed by atoms with Gasteiger partial charge in [0.15, 0.2) is 5.15 Å². The quantitative estimate of drug-likeness (QED) is 0.707. The first-order chi connectivity index (χ1) is 11.8. The highest BCUT2D eigenvalue weighted by Gasteiger charge is 2.27. The molecule has 0 aromatic carbocycles. The lowest BCUT2D eigenvalue weighted by atomic mass is 9.94. The molecule has 1 aromatic heterocycles. The van der Waals surface area contributed by atoms with Crippen LogP contribution in [0.4, 0.5) is 4.79 Å². The van der Waals surface area contributed by atoms with Crippen molar-refractivity contribution >= 4 is 17.7 Å². The van der Waals surface area contributed by atoms with E-state index < -0.39 is 5.60 Å². The van der Waals surface area contributed by atoms with E-state index in [2.05, 4.69) is 9.97 Å². The van der Waals surface area contributed by atoms with Crippen LogP contribution in [0.5, 0.6) is 0 Å². The number of nitrogens with zero attached hydrogens (tertiary/aromatic N) is 3. The zero-order valence-electron chi connectivity index (χ0n) is 15.3. The van der Waals surface area contributed by atoms with Crippen LogP contribution in [0.3, 0.4) is 0 Å². The minimum atomic E-state index is -0.445. The predicted molar refractivity (Wildman–Crippen MR) is 96.5 cm³/mol. The van der Waals surface area contributed by atoms with Crippen LogP contribution in [0.2, 0.25) is 5.15 Å². The number of rotatable bonds is 6. The first kappa shape index (κ1) is 19.9. The largest absolute Gasteiger partial charge is 0.444 e. The summed E-state index contributed by atoms with van der Waals surface area (Å²) in [6.07, 6.45) is 7.13. The van der Waals surface area contributed by atoms with Crippen molar-refractivity contribution in [1.29, 1.82) is 0 Å². The topological polar surface area (TPSA) is 64.5 Å². The summed E-state index contributed by atoms with van der Waals surface area (Å²) in [6.45, 7) is 8.27. The third-order valence-corrected chi connectivity index (χ3v) is 4.35. The number of likely N-dealkylation sites (tertiary alicyclic amines) is 1. The van der Waals surface area contributed by atoms with E-state index in [1.54, 1.807) is 12.4 Å². The van der Waals surface area contributed by atoms with E-state index in [4.69, 9.17) is 21.1 Å². The van der Waals surface area contributed by atoms with Gasteiger partial charge < -0.3 is 14.4 Å². The summed E-state index contributed by atoms with van der Waals surface area (Å²) in [4.78, 5) is 22.1. The molecule has 25 heavy (non-hydrogen) atoms. The van der Waals surface area contributed by atoms with Crippen molar-refractivity contribution < 1.29 is 14.3 Å². The molecule has 1 aliphatic rings. The number of halogens is 1. The molecule has 1 fully saturated rings. The Morgan fingerprint density at radius 1 is 1.36 bits per heavy atom. The maximum Gasteiger partial charge on any atom is 0.410 e. The van der Waals surface area contributed by atoms with Crippen LogP contribution in [0.25, 0.3) is 0 Å². The Kier molecular flexibility index (Phi) is 7.44. The second-order valence-corrected chi connectivity index (χ2v) is 7.78. The summed E-state index contributed by atoms with van der Waals surface area (Å²) in [5, 5.41) is 0.391. The summed E-state index contributed by atoms with van der Waals surface area (Å²) >= 11 is 5.95. The number of hydrogen-bond acceptors (Lipinski definition) is 5. The Labute approximate surface area is 154 Å². The van der Waals surface area contributed by atoms with Crippen LogP contribution < -0.4 is 0 Å². The van der Waals surface area contributed by atoms with E-state index in [0.29, 0.717) is 30.0 Å². The standard InChI is InChI=1S/C18H28ClN3O3/c1-18(2,3)25-17(23)22-10-4-6-14(12-22)7-5-11-24-13-15-16(19)21-9-8-20-15/h8-9,14H,4-7,10-13H2,1-3H3/t14-/m0/s1. The highest BCUT2D eigenvalue weighted by molar-refractivity contribution is 6.29. The second-order valence-electron chi connectivity index (χ2n) is 7.42. The fraction of sp³-hybridized carbons (Fsp3) is 0.722. The molecule has 1 atom stereocenters. The van der Waals surface area contributed by atoms with Gasteiger partial charge in [-0.1, -0.05) is 11.6 Å². The molecule has 140 valence electrons. The second kappa shape index (κ2) is 9.34. The Balaban J connectivity index is 1.65. The molecule has 0 bridgehead atoms. The molecule has 0 unspecified atom stereocenters. The molecule has 1 aromatic rings. The smallest absolute Gasteiger partial charge is 0.410 e. The summed E-state index contributed by atoms with van der Waals surface area (Å²) < 4.78 is 11.1. The van der Waals surface area contributed by atoms with Gasteiger partial charge in [0.2, 0.25) is 0 Å². The van der Waals surface area contributed by atoms with Crippen LogP contribution >= 0.6 is 11.6 Å². The van der Waals surface area contributed by atoms with Crippen LogP contribution in [-0.4, -0.2) is 46.3 Å². The number of amides is 1. The van der Waals surface area contributed by atoms with Gasteiger partial charge in [0.25, 0.3) is 0 Å². The summed E-state index contributed by atoms with van der Waals surface area (Å²) in [5.74, 6) is 0.505.